The molecule has 3 unspecified atom stereocenters. The summed E-state index contributed by atoms with van der Waals surface area (Å²) in [7, 11) is 0. The minimum Gasteiger partial charge on any atom is -0.456 e. The highest BCUT2D eigenvalue weighted by Crippen LogP contribution is 2.66. The molecule has 6 nitrogen and oxygen atoms in total. The monoisotopic (exact) mass is 264 g/mol. The molecule has 3 N–H and O–H groups in total. The number of ether oxygens (including phenoxy) is 1. The zero-order valence-corrected chi connectivity index (χ0v) is 11.6. The maximum atomic E-state index is 12.0. The van der Waals surface area contributed by atoms with Crippen molar-refractivity contribution < 1.29 is 9.53 Å². The van der Waals surface area contributed by atoms with Crippen LogP contribution in [-0.2, 0) is 4.74 Å². The van der Waals surface area contributed by atoms with Gasteiger partial charge in [-0.05, 0) is 30.6 Å². The number of nitrogens with zero attached hydrogens (tertiary/aromatic N) is 2. The van der Waals surface area contributed by atoms with Gasteiger partial charge in [0.15, 0.2) is 0 Å². The highest BCUT2D eigenvalue weighted by Gasteiger charge is 2.62. The molecule has 0 aromatic carbocycles. The highest BCUT2D eigenvalue weighted by molar-refractivity contribution is 5.85. The summed E-state index contributed by atoms with van der Waals surface area (Å²) in [6.45, 7) is 6.79. The van der Waals surface area contributed by atoms with Gasteiger partial charge in [0.2, 0.25) is 11.8 Å². The van der Waals surface area contributed by atoms with Crippen LogP contribution < -0.4 is 5.73 Å². The predicted molar refractivity (Wildman–Crippen MR) is 69.2 cm³/mol. The Bertz CT molecular complexity index is 524. The summed E-state index contributed by atoms with van der Waals surface area (Å²) in [5, 5.41) is 6.14. The van der Waals surface area contributed by atoms with Gasteiger partial charge < -0.3 is 10.5 Å². The summed E-state index contributed by atoms with van der Waals surface area (Å²) in [5.74, 6) is 0.321. The number of aromatic nitrogens is 3. The normalized spacial score (nSPS) is 35.5. The number of esters is 1. The quantitative estimate of drug-likeness (QED) is 0.794. The summed E-state index contributed by atoms with van der Waals surface area (Å²) in [5.41, 5.74) is 5.67. The van der Waals surface area contributed by atoms with Gasteiger partial charge >= 0.3 is 5.97 Å². The summed E-state index contributed by atoms with van der Waals surface area (Å²) in [6.07, 6.45) is 3.24. The SMILES string of the molecule is CC1(C)C2CCC1(C)C(OC(=O)c1nc(N)n[nH]1)C2. The first-order valence-electron chi connectivity index (χ1n) is 6.73. The molecule has 0 aliphatic heterocycles. The van der Waals surface area contributed by atoms with E-state index in [9.17, 15) is 4.79 Å². The lowest BCUT2D eigenvalue weighted by atomic mass is 9.70. The zero-order chi connectivity index (χ0) is 13.8. The summed E-state index contributed by atoms with van der Waals surface area (Å²) >= 11 is 0. The van der Waals surface area contributed by atoms with E-state index >= 15 is 0 Å². The Balaban J connectivity index is 1.77. The molecule has 2 bridgehead atoms. The number of nitrogens with two attached hydrogens (primary N) is 1. The van der Waals surface area contributed by atoms with E-state index in [1.807, 2.05) is 0 Å². The molecular weight excluding hydrogens is 244 g/mol. The number of hydrogen-bond acceptors (Lipinski definition) is 5. The van der Waals surface area contributed by atoms with Crippen molar-refractivity contribution in [1.29, 1.82) is 0 Å². The lowest BCUT2D eigenvalue weighted by molar-refractivity contribution is -0.0251. The molecule has 6 heteroatoms. The smallest absolute Gasteiger partial charge is 0.376 e. The minimum atomic E-state index is -0.459. The van der Waals surface area contributed by atoms with Crippen molar-refractivity contribution in [2.24, 2.45) is 16.7 Å². The van der Waals surface area contributed by atoms with E-state index in [2.05, 4.69) is 36.0 Å². The van der Waals surface area contributed by atoms with E-state index in [0.29, 0.717) is 5.92 Å². The molecule has 2 aliphatic carbocycles. The number of nitrogen functional groups attached to an aromatic ring is 1. The Morgan fingerprint density at radius 1 is 1.47 bits per heavy atom. The van der Waals surface area contributed by atoms with Crippen LogP contribution in [0.4, 0.5) is 5.95 Å². The second-order valence-corrected chi connectivity index (χ2v) is 6.55. The average Bonchev–Trinajstić information content (AvgIpc) is 2.91. The Labute approximate surface area is 112 Å². The van der Waals surface area contributed by atoms with Crippen LogP contribution in [0.25, 0.3) is 0 Å². The fourth-order valence-corrected chi connectivity index (χ4v) is 3.86. The second-order valence-electron chi connectivity index (χ2n) is 6.55. The fraction of sp³-hybridized carbons (Fsp3) is 0.769. The predicted octanol–water partition coefficient (Wildman–Crippen LogP) is 1.76. The van der Waals surface area contributed by atoms with Crippen LogP contribution in [0.2, 0.25) is 0 Å². The van der Waals surface area contributed by atoms with Gasteiger partial charge in [-0.2, -0.15) is 4.98 Å². The molecule has 1 aromatic rings. The van der Waals surface area contributed by atoms with Crippen LogP contribution in [-0.4, -0.2) is 27.3 Å². The Morgan fingerprint density at radius 3 is 2.68 bits per heavy atom. The van der Waals surface area contributed by atoms with Gasteiger partial charge in [-0.15, -0.1) is 5.10 Å². The molecule has 3 rings (SSSR count). The lowest BCUT2D eigenvalue weighted by Gasteiger charge is -2.38. The number of nitrogens with one attached hydrogen (secondary N) is 1. The summed E-state index contributed by atoms with van der Waals surface area (Å²) in [4.78, 5) is 15.8. The number of anilines is 1. The number of carbonyl (C=O) groups excluding carboxylic acids is 1. The topological polar surface area (TPSA) is 93.9 Å². The molecule has 0 spiro atoms. The largest absolute Gasteiger partial charge is 0.456 e. The van der Waals surface area contributed by atoms with Crippen LogP contribution in [0, 0.1) is 16.7 Å². The van der Waals surface area contributed by atoms with Crippen molar-refractivity contribution in [3.05, 3.63) is 5.82 Å². The van der Waals surface area contributed by atoms with Crippen LogP contribution >= 0.6 is 0 Å². The molecule has 1 aromatic heterocycles. The van der Waals surface area contributed by atoms with E-state index in [1.165, 1.54) is 6.42 Å². The Morgan fingerprint density at radius 2 is 2.21 bits per heavy atom. The van der Waals surface area contributed by atoms with Crippen molar-refractivity contribution >= 4 is 11.9 Å². The minimum absolute atomic E-state index is 0.0416. The van der Waals surface area contributed by atoms with Crippen molar-refractivity contribution in [2.75, 3.05) is 5.73 Å². The number of H-pyrrole nitrogens is 1. The molecule has 1 heterocycles. The van der Waals surface area contributed by atoms with Gasteiger partial charge in [0.1, 0.15) is 6.10 Å². The third-order valence-corrected chi connectivity index (χ3v) is 5.66. The van der Waals surface area contributed by atoms with E-state index in [1.54, 1.807) is 0 Å². The molecule has 2 saturated carbocycles. The van der Waals surface area contributed by atoms with Gasteiger partial charge in [0.25, 0.3) is 0 Å². The van der Waals surface area contributed by atoms with Gasteiger partial charge in [-0.3, -0.25) is 5.10 Å². The lowest BCUT2D eigenvalue weighted by Crippen LogP contribution is -2.38. The van der Waals surface area contributed by atoms with E-state index < -0.39 is 5.97 Å². The molecule has 0 radical (unpaired) electrons. The molecule has 0 amide bonds. The van der Waals surface area contributed by atoms with Crippen molar-refractivity contribution in [1.82, 2.24) is 15.2 Å². The van der Waals surface area contributed by atoms with Crippen LogP contribution in [0.3, 0.4) is 0 Å². The van der Waals surface area contributed by atoms with E-state index in [-0.39, 0.29) is 28.7 Å². The molecule has 0 saturated heterocycles. The summed E-state index contributed by atoms with van der Waals surface area (Å²) < 4.78 is 5.66. The number of fused-ring (bicyclic) bond motifs is 2. The maximum Gasteiger partial charge on any atom is 0.376 e. The standard InChI is InChI=1S/C13H20N4O2/c1-12(2)7-4-5-13(12,3)8(6-7)19-10(18)9-15-11(14)17-16-9/h7-8H,4-6H2,1-3H3,(H3,14,15,16,17). The number of aromatic amines is 1. The van der Waals surface area contributed by atoms with E-state index in [0.717, 1.165) is 12.8 Å². The molecule has 19 heavy (non-hydrogen) atoms. The number of carbonyl (C=O) groups is 1. The Hall–Kier alpha value is -1.59. The zero-order valence-electron chi connectivity index (χ0n) is 11.6. The number of rotatable bonds is 2. The molecule has 3 atom stereocenters. The third-order valence-electron chi connectivity index (χ3n) is 5.66. The second kappa shape index (κ2) is 3.71. The molecule has 104 valence electrons. The molecular formula is C13H20N4O2. The van der Waals surface area contributed by atoms with Crippen molar-refractivity contribution in [3.63, 3.8) is 0 Å². The van der Waals surface area contributed by atoms with E-state index in [4.69, 9.17) is 10.5 Å². The first-order chi connectivity index (χ1) is 8.84. The van der Waals surface area contributed by atoms with Gasteiger partial charge in [0.05, 0.1) is 0 Å². The average molecular weight is 264 g/mol. The van der Waals surface area contributed by atoms with Crippen molar-refractivity contribution in [3.8, 4) is 0 Å². The first kappa shape index (κ1) is 12.4. The van der Waals surface area contributed by atoms with Crippen LogP contribution in [0.1, 0.15) is 50.7 Å². The molecule has 2 aliphatic rings. The first-order valence-corrected chi connectivity index (χ1v) is 6.73. The van der Waals surface area contributed by atoms with Crippen LogP contribution in [0.15, 0.2) is 0 Å². The Kier molecular flexibility index (Phi) is 2.43. The maximum absolute atomic E-state index is 12.0. The van der Waals surface area contributed by atoms with Gasteiger partial charge in [0, 0.05) is 5.41 Å². The van der Waals surface area contributed by atoms with Crippen LogP contribution in [0.5, 0.6) is 0 Å². The fourth-order valence-electron chi connectivity index (χ4n) is 3.86. The number of hydrogen-bond donors (Lipinski definition) is 2. The highest BCUT2D eigenvalue weighted by atomic mass is 16.5. The molecule has 2 fully saturated rings. The summed E-state index contributed by atoms with van der Waals surface area (Å²) in [6, 6.07) is 0. The van der Waals surface area contributed by atoms with Gasteiger partial charge in [-0.25, -0.2) is 4.79 Å². The van der Waals surface area contributed by atoms with Crippen molar-refractivity contribution in [2.45, 2.75) is 46.1 Å². The van der Waals surface area contributed by atoms with Gasteiger partial charge in [-0.1, -0.05) is 20.8 Å². The third kappa shape index (κ3) is 1.58.